The van der Waals surface area contributed by atoms with Crippen molar-refractivity contribution >= 4 is 12.2 Å². The minimum atomic E-state index is -0.615. The Bertz CT molecular complexity index is 300. The summed E-state index contributed by atoms with van der Waals surface area (Å²) in [7, 11) is 0. The predicted octanol–water partition coefficient (Wildman–Crippen LogP) is 1.56. The van der Waals surface area contributed by atoms with Crippen molar-refractivity contribution in [3.8, 4) is 0 Å². The highest BCUT2D eigenvalue weighted by atomic mass is 16.2. The maximum Gasteiger partial charge on any atom is 0.234 e. The van der Waals surface area contributed by atoms with Crippen molar-refractivity contribution in [1.29, 1.82) is 0 Å². The van der Waals surface area contributed by atoms with Gasteiger partial charge in [0.25, 0.3) is 0 Å². The van der Waals surface area contributed by atoms with Crippen LogP contribution in [0.2, 0.25) is 0 Å². The van der Waals surface area contributed by atoms with Crippen LogP contribution in [0.5, 0.6) is 0 Å². The Labute approximate surface area is 109 Å². The van der Waals surface area contributed by atoms with Crippen LogP contribution in [0, 0.1) is 5.92 Å². The number of piperidine rings is 2. The van der Waals surface area contributed by atoms with Crippen molar-refractivity contribution < 1.29 is 9.59 Å². The van der Waals surface area contributed by atoms with Gasteiger partial charge < -0.3 is 4.90 Å². The highest BCUT2D eigenvalue weighted by Crippen LogP contribution is 2.24. The van der Waals surface area contributed by atoms with Gasteiger partial charge in [0, 0.05) is 19.6 Å². The van der Waals surface area contributed by atoms with E-state index in [0.29, 0.717) is 0 Å². The number of carbonyl (C=O) groups is 1. The van der Waals surface area contributed by atoms with Crippen molar-refractivity contribution in [2.75, 3.05) is 19.6 Å². The third kappa shape index (κ3) is 2.91. The maximum absolute atomic E-state index is 12.2. The second-order valence-electron chi connectivity index (χ2n) is 5.44. The second kappa shape index (κ2) is 6.32. The highest BCUT2D eigenvalue weighted by Gasteiger charge is 2.33. The molecule has 2 aliphatic heterocycles. The molecule has 0 aromatic heterocycles. The molecule has 0 spiro atoms. The van der Waals surface area contributed by atoms with Crippen molar-refractivity contribution in [2.24, 2.45) is 5.92 Å². The van der Waals surface area contributed by atoms with Crippen molar-refractivity contribution in [1.82, 2.24) is 9.80 Å². The number of amides is 1. The smallest absolute Gasteiger partial charge is 0.234 e. The first-order valence-electron chi connectivity index (χ1n) is 7.16. The average Bonchev–Trinajstić information content (AvgIpc) is 2.46. The lowest BCUT2D eigenvalue weighted by molar-refractivity contribution is -0.142. The fraction of sp³-hybridized carbons (Fsp3) is 0.857. The first-order chi connectivity index (χ1) is 8.74. The Hall–Kier alpha value is -0.900. The highest BCUT2D eigenvalue weighted by molar-refractivity contribution is 5.91. The van der Waals surface area contributed by atoms with E-state index in [2.05, 4.69) is 4.90 Å². The molecule has 1 radical (unpaired) electrons. The molecule has 1 amide bonds. The summed E-state index contributed by atoms with van der Waals surface area (Å²) < 4.78 is 0. The summed E-state index contributed by atoms with van der Waals surface area (Å²) in [5.41, 5.74) is 0. The minimum absolute atomic E-state index is 0.0414. The molecule has 101 valence electrons. The van der Waals surface area contributed by atoms with Crippen molar-refractivity contribution in [3.05, 3.63) is 0 Å². The van der Waals surface area contributed by atoms with Gasteiger partial charge in [-0.2, -0.15) is 0 Å². The molecule has 18 heavy (non-hydrogen) atoms. The number of hydrogen-bond donors (Lipinski definition) is 0. The lowest BCUT2D eigenvalue weighted by Crippen LogP contribution is -2.55. The van der Waals surface area contributed by atoms with E-state index < -0.39 is 5.92 Å². The van der Waals surface area contributed by atoms with Gasteiger partial charge in [-0.15, -0.1) is 0 Å². The molecule has 2 rings (SSSR count). The first-order valence-corrected chi connectivity index (χ1v) is 7.16. The SMILES string of the molecule is CC([C]=O)C(=O)N1CCCCC1N1CCCCC1. The van der Waals surface area contributed by atoms with Crippen LogP contribution >= 0.6 is 0 Å². The number of carbonyl (C=O) groups excluding carboxylic acids is 2. The summed E-state index contributed by atoms with van der Waals surface area (Å²) in [4.78, 5) is 27.3. The zero-order valence-corrected chi connectivity index (χ0v) is 11.2. The Morgan fingerprint density at radius 1 is 1.11 bits per heavy atom. The number of rotatable bonds is 3. The second-order valence-corrected chi connectivity index (χ2v) is 5.44. The Balaban J connectivity index is 2.04. The molecule has 0 N–H and O–H groups in total. The molecule has 0 aromatic rings. The molecule has 4 heteroatoms. The molecule has 2 fully saturated rings. The van der Waals surface area contributed by atoms with E-state index in [1.807, 2.05) is 11.2 Å². The van der Waals surface area contributed by atoms with Crippen LogP contribution in [0.15, 0.2) is 0 Å². The zero-order chi connectivity index (χ0) is 13.0. The quantitative estimate of drug-likeness (QED) is 0.715. The van der Waals surface area contributed by atoms with E-state index in [1.54, 1.807) is 6.92 Å². The summed E-state index contributed by atoms with van der Waals surface area (Å²) in [5.74, 6) is -0.657. The average molecular weight is 251 g/mol. The molecular formula is C14H23N2O2. The maximum atomic E-state index is 12.2. The molecule has 0 saturated carbocycles. The molecule has 0 aromatic carbocycles. The van der Waals surface area contributed by atoms with E-state index in [0.717, 1.165) is 32.5 Å². The van der Waals surface area contributed by atoms with Crippen molar-refractivity contribution in [2.45, 2.75) is 51.6 Å². The van der Waals surface area contributed by atoms with Crippen LogP contribution in [0.3, 0.4) is 0 Å². The van der Waals surface area contributed by atoms with Crippen LogP contribution in [0.25, 0.3) is 0 Å². The van der Waals surface area contributed by atoms with Gasteiger partial charge >= 0.3 is 0 Å². The molecule has 0 bridgehead atoms. The van der Waals surface area contributed by atoms with Crippen LogP contribution in [-0.2, 0) is 9.59 Å². The van der Waals surface area contributed by atoms with Gasteiger partial charge in [-0.1, -0.05) is 6.42 Å². The third-order valence-electron chi connectivity index (χ3n) is 4.11. The standard InChI is InChI=1S/C14H23N2O2/c1-12(11-17)14(18)16-10-6-3-7-13(16)15-8-4-2-5-9-15/h12-13H,2-10H2,1H3. The summed E-state index contributed by atoms with van der Waals surface area (Å²) in [5, 5.41) is 0. The van der Waals surface area contributed by atoms with Gasteiger partial charge in [-0.05, 0) is 39.0 Å². The van der Waals surface area contributed by atoms with E-state index in [4.69, 9.17) is 0 Å². The molecular weight excluding hydrogens is 228 g/mol. The number of likely N-dealkylation sites (tertiary alicyclic amines) is 2. The molecule has 2 atom stereocenters. The van der Waals surface area contributed by atoms with E-state index in [1.165, 1.54) is 25.7 Å². The monoisotopic (exact) mass is 251 g/mol. The topological polar surface area (TPSA) is 40.6 Å². The molecule has 0 aliphatic carbocycles. The Morgan fingerprint density at radius 2 is 1.78 bits per heavy atom. The van der Waals surface area contributed by atoms with E-state index in [9.17, 15) is 9.59 Å². The van der Waals surface area contributed by atoms with E-state index >= 15 is 0 Å². The van der Waals surface area contributed by atoms with Gasteiger partial charge in [-0.3, -0.25) is 14.5 Å². The van der Waals surface area contributed by atoms with Crippen LogP contribution < -0.4 is 0 Å². The molecule has 2 heterocycles. The fourth-order valence-corrected chi connectivity index (χ4v) is 3.07. The van der Waals surface area contributed by atoms with Gasteiger partial charge in [0.1, 0.15) is 5.92 Å². The fourth-order valence-electron chi connectivity index (χ4n) is 3.07. The van der Waals surface area contributed by atoms with Gasteiger partial charge in [0.2, 0.25) is 12.2 Å². The van der Waals surface area contributed by atoms with Crippen molar-refractivity contribution in [3.63, 3.8) is 0 Å². The Morgan fingerprint density at radius 3 is 2.44 bits per heavy atom. The Kier molecular flexibility index (Phi) is 4.75. The summed E-state index contributed by atoms with van der Waals surface area (Å²) in [6.45, 7) is 4.63. The van der Waals surface area contributed by atoms with Gasteiger partial charge in [0.05, 0.1) is 6.17 Å². The van der Waals surface area contributed by atoms with Gasteiger partial charge in [-0.25, -0.2) is 0 Å². The summed E-state index contributed by atoms with van der Waals surface area (Å²) in [6, 6.07) is 0. The lowest BCUT2D eigenvalue weighted by atomic mass is 10.0. The van der Waals surface area contributed by atoms with E-state index in [-0.39, 0.29) is 12.1 Å². The number of hydrogen-bond acceptors (Lipinski definition) is 3. The predicted molar refractivity (Wildman–Crippen MR) is 69.6 cm³/mol. The minimum Gasteiger partial charge on any atom is -0.326 e. The summed E-state index contributed by atoms with van der Waals surface area (Å²) >= 11 is 0. The normalized spacial score (nSPS) is 27.8. The number of nitrogens with zero attached hydrogens (tertiary/aromatic N) is 2. The zero-order valence-electron chi connectivity index (χ0n) is 11.2. The van der Waals surface area contributed by atoms with Crippen LogP contribution in [0.4, 0.5) is 0 Å². The third-order valence-corrected chi connectivity index (χ3v) is 4.11. The van der Waals surface area contributed by atoms with Gasteiger partial charge in [0.15, 0.2) is 0 Å². The molecule has 2 saturated heterocycles. The summed E-state index contributed by atoms with van der Waals surface area (Å²) in [6.07, 6.45) is 9.11. The first kappa shape index (κ1) is 13.5. The molecule has 4 nitrogen and oxygen atoms in total. The molecule has 2 unspecified atom stereocenters. The van der Waals surface area contributed by atoms with Crippen LogP contribution in [0.1, 0.15) is 45.4 Å². The van der Waals surface area contributed by atoms with Crippen LogP contribution in [-0.4, -0.2) is 47.8 Å². The molecule has 2 aliphatic rings. The largest absolute Gasteiger partial charge is 0.326 e. The lowest BCUT2D eigenvalue weighted by Gasteiger charge is -2.44.